The minimum atomic E-state index is 0.885. The predicted octanol–water partition coefficient (Wildman–Crippen LogP) is 15.0. The number of hydrogen-bond donors (Lipinski definition) is 0. The molecular formula is C54H32N2O2. The normalized spacial score (nSPS) is 12.1. The standard InChI is InChI=1S/C54H32N2O2/c1-2-14-33(15-3-1)56-45-23-8-4-16-35(45)39-30-29-38(41-21-12-20-40-36-17-6-11-27-49(36)58-54(40)41)52(53(39)56)43-22-13-25-47-51(43)42-19-5-9-24-46(42)55(47)34-28-31-50-44(32-34)37-18-7-10-26-48(37)57-50/h1-32H. The maximum Gasteiger partial charge on any atom is 0.143 e. The summed E-state index contributed by atoms with van der Waals surface area (Å²) < 4.78 is 17.9. The van der Waals surface area contributed by atoms with Gasteiger partial charge in [0.05, 0.1) is 22.1 Å². The van der Waals surface area contributed by atoms with Gasteiger partial charge in [-0.1, -0.05) is 133 Å². The van der Waals surface area contributed by atoms with Crippen molar-refractivity contribution in [3.8, 4) is 33.6 Å². The summed E-state index contributed by atoms with van der Waals surface area (Å²) in [5.41, 5.74) is 14.9. The molecule has 0 saturated carbocycles. The van der Waals surface area contributed by atoms with Gasteiger partial charge in [0.1, 0.15) is 22.3 Å². The Bertz CT molecular complexity index is 3800. The molecule has 0 aliphatic heterocycles. The van der Waals surface area contributed by atoms with E-state index >= 15 is 0 Å². The van der Waals surface area contributed by atoms with Gasteiger partial charge in [0.2, 0.25) is 0 Å². The van der Waals surface area contributed by atoms with Gasteiger partial charge in [-0.15, -0.1) is 0 Å². The van der Waals surface area contributed by atoms with Gasteiger partial charge in [-0.25, -0.2) is 0 Å². The van der Waals surface area contributed by atoms with E-state index < -0.39 is 0 Å². The molecule has 0 unspecified atom stereocenters. The highest BCUT2D eigenvalue weighted by Crippen LogP contribution is 2.49. The van der Waals surface area contributed by atoms with Gasteiger partial charge in [0.15, 0.2) is 0 Å². The highest BCUT2D eigenvalue weighted by atomic mass is 16.3. The molecule has 58 heavy (non-hydrogen) atoms. The summed E-state index contributed by atoms with van der Waals surface area (Å²) in [6.45, 7) is 0. The second-order valence-corrected chi connectivity index (χ2v) is 15.2. The van der Waals surface area contributed by atoms with Crippen molar-refractivity contribution in [2.24, 2.45) is 0 Å². The van der Waals surface area contributed by atoms with Crippen molar-refractivity contribution in [2.75, 3.05) is 0 Å². The van der Waals surface area contributed by atoms with Crippen LogP contribution in [0, 0.1) is 0 Å². The lowest BCUT2D eigenvalue weighted by atomic mass is 9.89. The Balaban J connectivity index is 1.20. The second kappa shape index (κ2) is 11.8. The third-order valence-electron chi connectivity index (χ3n) is 12.1. The molecule has 0 saturated heterocycles. The number of para-hydroxylation sites is 6. The van der Waals surface area contributed by atoms with Gasteiger partial charge in [-0.05, 0) is 71.8 Å². The Morgan fingerprint density at radius 2 is 0.914 bits per heavy atom. The Hall–Kier alpha value is -7.82. The van der Waals surface area contributed by atoms with Gasteiger partial charge in [-0.3, -0.25) is 0 Å². The number of aromatic nitrogens is 2. The van der Waals surface area contributed by atoms with E-state index in [9.17, 15) is 0 Å². The molecule has 0 aliphatic carbocycles. The molecule has 270 valence electrons. The van der Waals surface area contributed by atoms with Crippen molar-refractivity contribution >= 4 is 87.5 Å². The first-order chi connectivity index (χ1) is 28.8. The summed E-state index contributed by atoms with van der Waals surface area (Å²) in [5.74, 6) is 0. The van der Waals surface area contributed by atoms with Crippen molar-refractivity contribution in [1.29, 1.82) is 0 Å². The lowest BCUT2D eigenvalue weighted by Gasteiger charge is -2.17. The first kappa shape index (κ1) is 31.4. The number of furan rings is 2. The monoisotopic (exact) mass is 740 g/mol. The van der Waals surface area contributed by atoms with Crippen LogP contribution < -0.4 is 0 Å². The third-order valence-corrected chi connectivity index (χ3v) is 12.1. The van der Waals surface area contributed by atoms with Gasteiger partial charge < -0.3 is 18.0 Å². The van der Waals surface area contributed by atoms with E-state index in [1.807, 2.05) is 18.2 Å². The van der Waals surface area contributed by atoms with Crippen LogP contribution in [0.4, 0.5) is 0 Å². The van der Waals surface area contributed by atoms with E-state index in [1.165, 1.54) is 27.1 Å². The molecule has 4 heteroatoms. The molecule has 0 fully saturated rings. The van der Waals surface area contributed by atoms with Gasteiger partial charge in [0.25, 0.3) is 0 Å². The van der Waals surface area contributed by atoms with E-state index in [2.05, 4.69) is 185 Å². The number of fused-ring (bicyclic) bond motifs is 12. The number of benzene rings is 9. The number of hydrogen-bond acceptors (Lipinski definition) is 2. The summed E-state index contributed by atoms with van der Waals surface area (Å²) >= 11 is 0. The van der Waals surface area contributed by atoms with Gasteiger partial charge >= 0.3 is 0 Å². The SMILES string of the molecule is c1ccc(-n2c3ccccc3c3ccc(-c4cccc5c4oc4ccccc45)c(-c4cccc5c4c4ccccc4n5-c4ccc5oc6ccccc6c5c4)c32)cc1. The first-order valence-electron chi connectivity index (χ1n) is 19.8. The van der Waals surface area contributed by atoms with Crippen LogP contribution in [0.1, 0.15) is 0 Å². The second-order valence-electron chi connectivity index (χ2n) is 15.2. The smallest absolute Gasteiger partial charge is 0.143 e. The molecule has 0 radical (unpaired) electrons. The van der Waals surface area contributed by atoms with Crippen molar-refractivity contribution < 1.29 is 8.83 Å². The molecule has 0 N–H and O–H groups in total. The van der Waals surface area contributed by atoms with Crippen molar-refractivity contribution in [1.82, 2.24) is 9.13 Å². The fraction of sp³-hybridized carbons (Fsp3) is 0. The topological polar surface area (TPSA) is 36.1 Å². The van der Waals surface area contributed by atoms with E-state index in [1.54, 1.807) is 0 Å². The van der Waals surface area contributed by atoms with Crippen LogP contribution in [0.5, 0.6) is 0 Å². The van der Waals surface area contributed by atoms with E-state index in [-0.39, 0.29) is 0 Å². The molecular weight excluding hydrogens is 709 g/mol. The average Bonchev–Trinajstić information content (AvgIpc) is 4.04. The zero-order chi connectivity index (χ0) is 37.9. The lowest BCUT2D eigenvalue weighted by molar-refractivity contribution is 0.669. The Morgan fingerprint density at radius 3 is 1.74 bits per heavy atom. The fourth-order valence-corrected chi connectivity index (χ4v) is 9.72. The summed E-state index contributed by atoms with van der Waals surface area (Å²) in [4.78, 5) is 0. The molecule has 4 nitrogen and oxygen atoms in total. The van der Waals surface area contributed by atoms with Gasteiger partial charge in [0, 0.05) is 65.6 Å². The number of nitrogens with zero attached hydrogens (tertiary/aromatic N) is 2. The Kier molecular flexibility index (Phi) is 6.41. The molecule has 4 aromatic heterocycles. The minimum absolute atomic E-state index is 0.885. The Labute approximate surface area is 332 Å². The minimum Gasteiger partial charge on any atom is -0.456 e. The van der Waals surface area contributed by atoms with Crippen LogP contribution in [0.3, 0.4) is 0 Å². The maximum absolute atomic E-state index is 6.77. The molecule has 0 spiro atoms. The molecule has 13 rings (SSSR count). The maximum atomic E-state index is 6.77. The Morgan fingerprint density at radius 1 is 0.310 bits per heavy atom. The van der Waals surface area contributed by atoms with Crippen LogP contribution in [0.2, 0.25) is 0 Å². The van der Waals surface area contributed by atoms with Crippen LogP contribution in [-0.4, -0.2) is 9.13 Å². The molecule has 13 aromatic rings. The highest BCUT2D eigenvalue weighted by Gasteiger charge is 2.25. The largest absolute Gasteiger partial charge is 0.456 e. The first-order valence-corrected chi connectivity index (χ1v) is 19.8. The van der Waals surface area contributed by atoms with Crippen LogP contribution in [0.15, 0.2) is 203 Å². The molecule has 0 atom stereocenters. The summed E-state index contributed by atoms with van der Waals surface area (Å²) in [7, 11) is 0. The van der Waals surface area contributed by atoms with Crippen molar-refractivity contribution in [3.63, 3.8) is 0 Å². The summed E-state index contributed by atoms with van der Waals surface area (Å²) in [6, 6.07) is 69.6. The van der Waals surface area contributed by atoms with Crippen LogP contribution in [-0.2, 0) is 0 Å². The lowest BCUT2D eigenvalue weighted by Crippen LogP contribution is -1.97. The summed E-state index contributed by atoms with van der Waals surface area (Å²) in [6.07, 6.45) is 0. The predicted molar refractivity (Wildman–Crippen MR) is 241 cm³/mol. The third kappa shape index (κ3) is 4.29. The van der Waals surface area contributed by atoms with E-state index in [0.29, 0.717) is 0 Å². The molecule has 0 aliphatic rings. The van der Waals surface area contributed by atoms with Crippen LogP contribution >= 0.6 is 0 Å². The molecule has 0 bridgehead atoms. The van der Waals surface area contributed by atoms with Crippen LogP contribution in [0.25, 0.3) is 121 Å². The van der Waals surface area contributed by atoms with Gasteiger partial charge in [-0.2, -0.15) is 0 Å². The average molecular weight is 741 g/mol. The van der Waals surface area contributed by atoms with Crippen molar-refractivity contribution in [2.45, 2.75) is 0 Å². The zero-order valence-corrected chi connectivity index (χ0v) is 31.2. The van der Waals surface area contributed by atoms with E-state index in [4.69, 9.17) is 8.83 Å². The molecule has 0 amide bonds. The highest BCUT2D eigenvalue weighted by molar-refractivity contribution is 6.24. The van der Waals surface area contributed by atoms with E-state index in [0.717, 1.165) is 94.1 Å². The quantitative estimate of drug-likeness (QED) is 0.180. The summed E-state index contributed by atoms with van der Waals surface area (Å²) in [5, 5.41) is 9.26. The molecule has 9 aromatic carbocycles. The van der Waals surface area contributed by atoms with Crippen molar-refractivity contribution in [3.05, 3.63) is 194 Å². The molecule has 4 heterocycles. The zero-order valence-electron chi connectivity index (χ0n) is 31.2. The fourth-order valence-electron chi connectivity index (χ4n) is 9.72. The number of rotatable bonds is 4.